The minimum atomic E-state index is 0.414. The summed E-state index contributed by atoms with van der Waals surface area (Å²) in [6, 6.07) is 6.23. The van der Waals surface area contributed by atoms with Crippen molar-refractivity contribution in [2.24, 2.45) is 5.92 Å². The maximum absolute atomic E-state index is 5.22. The van der Waals surface area contributed by atoms with E-state index in [9.17, 15) is 0 Å². The quantitative estimate of drug-likeness (QED) is 0.831. The van der Waals surface area contributed by atoms with Crippen LogP contribution in [0, 0.1) is 5.92 Å². The van der Waals surface area contributed by atoms with E-state index in [4.69, 9.17) is 9.47 Å². The van der Waals surface area contributed by atoms with Gasteiger partial charge in [-0.3, -0.25) is 0 Å². The van der Waals surface area contributed by atoms with E-state index < -0.39 is 0 Å². The smallest absolute Gasteiger partial charge is 0.124 e. The third-order valence-corrected chi connectivity index (χ3v) is 2.75. The van der Waals surface area contributed by atoms with Crippen LogP contribution in [0.1, 0.15) is 20.8 Å². The zero-order valence-electron chi connectivity index (χ0n) is 10.7. The highest BCUT2D eigenvalue weighted by atomic mass is 16.5. The van der Waals surface area contributed by atoms with Crippen LogP contribution in [0.4, 0.5) is 5.69 Å². The molecule has 0 spiro atoms. The molecule has 0 saturated heterocycles. The fraction of sp³-hybridized carbons (Fsp3) is 0.538. The molecule has 0 aliphatic carbocycles. The lowest BCUT2D eigenvalue weighted by atomic mass is 10.1. The van der Waals surface area contributed by atoms with Crippen LogP contribution in [0.15, 0.2) is 18.2 Å². The molecule has 3 heteroatoms. The van der Waals surface area contributed by atoms with Crippen molar-refractivity contribution in [3.05, 3.63) is 18.2 Å². The number of rotatable bonds is 5. The van der Waals surface area contributed by atoms with E-state index >= 15 is 0 Å². The number of nitrogens with one attached hydrogen (secondary N) is 1. The number of methoxy groups -OCH3 is 2. The number of benzene rings is 1. The first kappa shape index (κ1) is 12.7. The van der Waals surface area contributed by atoms with Crippen molar-refractivity contribution in [3.8, 4) is 11.5 Å². The molecular formula is C13H21NO2. The SMILES string of the molecule is COc1cc(NC(C)C(C)C)cc(OC)c1. The van der Waals surface area contributed by atoms with Crippen molar-refractivity contribution in [3.63, 3.8) is 0 Å². The molecule has 1 aromatic carbocycles. The van der Waals surface area contributed by atoms with Crippen LogP contribution in [-0.4, -0.2) is 20.3 Å². The average Bonchev–Trinajstić information content (AvgIpc) is 2.28. The minimum Gasteiger partial charge on any atom is -0.497 e. The zero-order valence-corrected chi connectivity index (χ0v) is 10.7. The molecule has 1 unspecified atom stereocenters. The van der Waals surface area contributed by atoms with Gasteiger partial charge in [-0.1, -0.05) is 13.8 Å². The van der Waals surface area contributed by atoms with Gasteiger partial charge in [0.15, 0.2) is 0 Å². The first-order chi connectivity index (χ1) is 7.56. The lowest BCUT2D eigenvalue weighted by Crippen LogP contribution is -2.21. The molecule has 90 valence electrons. The Bertz CT molecular complexity index is 314. The maximum atomic E-state index is 5.22. The molecule has 0 amide bonds. The third-order valence-electron chi connectivity index (χ3n) is 2.75. The Balaban J connectivity index is 2.86. The molecule has 1 aromatic rings. The second-order valence-corrected chi connectivity index (χ2v) is 4.28. The summed E-state index contributed by atoms with van der Waals surface area (Å²) in [5, 5.41) is 3.43. The van der Waals surface area contributed by atoms with Crippen molar-refractivity contribution >= 4 is 5.69 Å². The first-order valence-corrected chi connectivity index (χ1v) is 5.56. The van der Waals surface area contributed by atoms with E-state index in [2.05, 4.69) is 26.1 Å². The summed E-state index contributed by atoms with van der Waals surface area (Å²) in [6.45, 7) is 6.54. The molecule has 0 fully saturated rings. The van der Waals surface area contributed by atoms with Gasteiger partial charge < -0.3 is 14.8 Å². The summed E-state index contributed by atoms with van der Waals surface area (Å²) in [5.74, 6) is 2.19. The summed E-state index contributed by atoms with van der Waals surface area (Å²) in [4.78, 5) is 0. The Kier molecular flexibility index (Phi) is 4.47. The van der Waals surface area contributed by atoms with Gasteiger partial charge in [0, 0.05) is 29.9 Å². The van der Waals surface area contributed by atoms with E-state index in [0.29, 0.717) is 12.0 Å². The molecular weight excluding hydrogens is 202 g/mol. The molecule has 0 saturated carbocycles. The van der Waals surface area contributed by atoms with Gasteiger partial charge in [-0.15, -0.1) is 0 Å². The number of hydrogen-bond donors (Lipinski definition) is 1. The molecule has 1 N–H and O–H groups in total. The summed E-state index contributed by atoms with van der Waals surface area (Å²) in [7, 11) is 3.31. The standard InChI is InChI=1S/C13H21NO2/c1-9(2)10(3)14-11-6-12(15-4)8-13(7-11)16-5/h6-10,14H,1-5H3. The molecule has 16 heavy (non-hydrogen) atoms. The third kappa shape index (κ3) is 3.33. The normalized spacial score (nSPS) is 12.4. The van der Waals surface area contributed by atoms with E-state index in [0.717, 1.165) is 17.2 Å². The maximum Gasteiger partial charge on any atom is 0.124 e. The van der Waals surface area contributed by atoms with Gasteiger partial charge in [0.05, 0.1) is 14.2 Å². The zero-order chi connectivity index (χ0) is 12.1. The highest BCUT2D eigenvalue weighted by Crippen LogP contribution is 2.26. The second kappa shape index (κ2) is 5.64. The molecule has 0 aliphatic rings. The molecule has 0 bridgehead atoms. The Morgan fingerprint density at radius 1 is 0.938 bits per heavy atom. The van der Waals surface area contributed by atoms with Crippen LogP contribution in [-0.2, 0) is 0 Å². The lowest BCUT2D eigenvalue weighted by Gasteiger charge is -2.19. The monoisotopic (exact) mass is 223 g/mol. The highest BCUT2D eigenvalue weighted by molar-refractivity contribution is 5.54. The van der Waals surface area contributed by atoms with E-state index in [1.807, 2.05) is 18.2 Å². The van der Waals surface area contributed by atoms with Gasteiger partial charge in [-0.2, -0.15) is 0 Å². The molecule has 0 heterocycles. The van der Waals surface area contributed by atoms with Crippen molar-refractivity contribution in [1.29, 1.82) is 0 Å². The second-order valence-electron chi connectivity index (χ2n) is 4.28. The van der Waals surface area contributed by atoms with Crippen molar-refractivity contribution < 1.29 is 9.47 Å². The Morgan fingerprint density at radius 2 is 1.44 bits per heavy atom. The predicted octanol–water partition coefficient (Wildman–Crippen LogP) is 3.16. The van der Waals surface area contributed by atoms with Crippen LogP contribution in [0.3, 0.4) is 0 Å². The summed E-state index contributed by atoms with van der Waals surface area (Å²) < 4.78 is 10.4. The Hall–Kier alpha value is -1.38. The highest BCUT2D eigenvalue weighted by Gasteiger charge is 2.08. The van der Waals surface area contributed by atoms with Gasteiger partial charge in [-0.05, 0) is 12.8 Å². The molecule has 0 aliphatic heterocycles. The van der Waals surface area contributed by atoms with Gasteiger partial charge in [0.2, 0.25) is 0 Å². The van der Waals surface area contributed by atoms with Gasteiger partial charge in [0.25, 0.3) is 0 Å². The Morgan fingerprint density at radius 3 is 1.81 bits per heavy atom. The Labute approximate surface area is 97.8 Å². The van der Waals surface area contributed by atoms with Crippen molar-refractivity contribution in [2.45, 2.75) is 26.8 Å². The first-order valence-electron chi connectivity index (χ1n) is 5.56. The van der Waals surface area contributed by atoms with Gasteiger partial charge in [0.1, 0.15) is 11.5 Å². The van der Waals surface area contributed by atoms with Crippen molar-refractivity contribution in [2.75, 3.05) is 19.5 Å². The summed E-state index contributed by atoms with van der Waals surface area (Å²) in [6.07, 6.45) is 0. The number of anilines is 1. The largest absolute Gasteiger partial charge is 0.497 e. The predicted molar refractivity (Wildman–Crippen MR) is 67.5 cm³/mol. The van der Waals surface area contributed by atoms with E-state index in [1.54, 1.807) is 14.2 Å². The lowest BCUT2D eigenvalue weighted by molar-refractivity contribution is 0.394. The fourth-order valence-electron chi connectivity index (χ4n) is 1.32. The van der Waals surface area contributed by atoms with E-state index in [-0.39, 0.29) is 0 Å². The van der Waals surface area contributed by atoms with Gasteiger partial charge in [-0.25, -0.2) is 0 Å². The number of ether oxygens (including phenoxy) is 2. The average molecular weight is 223 g/mol. The minimum absolute atomic E-state index is 0.414. The number of hydrogen-bond acceptors (Lipinski definition) is 3. The van der Waals surface area contributed by atoms with Crippen LogP contribution >= 0.6 is 0 Å². The molecule has 0 aromatic heterocycles. The molecule has 3 nitrogen and oxygen atoms in total. The van der Waals surface area contributed by atoms with E-state index in [1.165, 1.54) is 0 Å². The van der Waals surface area contributed by atoms with Crippen molar-refractivity contribution in [1.82, 2.24) is 0 Å². The van der Waals surface area contributed by atoms with Crippen LogP contribution in [0.25, 0.3) is 0 Å². The fourth-order valence-corrected chi connectivity index (χ4v) is 1.32. The summed E-state index contributed by atoms with van der Waals surface area (Å²) in [5.41, 5.74) is 1.03. The summed E-state index contributed by atoms with van der Waals surface area (Å²) >= 11 is 0. The van der Waals surface area contributed by atoms with Gasteiger partial charge >= 0.3 is 0 Å². The topological polar surface area (TPSA) is 30.5 Å². The molecule has 1 atom stereocenters. The molecule has 1 rings (SSSR count). The molecule has 0 radical (unpaired) electrons. The van der Waals surface area contributed by atoms with Crippen LogP contribution in [0.5, 0.6) is 11.5 Å². The van der Waals surface area contributed by atoms with Crippen LogP contribution < -0.4 is 14.8 Å². The van der Waals surface area contributed by atoms with Crippen LogP contribution in [0.2, 0.25) is 0 Å².